The predicted molar refractivity (Wildman–Crippen MR) is 130 cm³/mol. The molecule has 3 fully saturated rings. The third-order valence-electron chi connectivity index (χ3n) is 6.64. The van der Waals surface area contributed by atoms with Gasteiger partial charge in [-0.2, -0.15) is 11.8 Å². The molecule has 0 bridgehead atoms. The van der Waals surface area contributed by atoms with Gasteiger partial charge in [-0.05, 0) is 43.4 Å². The summed E-state index contributed by atoms with van der Waals surface area (Å²) in [5, 5.41) is 3.56. The molecule has 0 aromatic heterocycles. The molecule has 1 aromatic carbocycles. The number of methoxy groups -OCH3 is 1. The number of nitrogens with one attached hydrogen (secondary N) is 1. The number of nitrogens with zero attached hydrogens (tertiary/aromatic N) is 4. The van der Waals surface area contributed by atoms with E-state index in [9.17, 15) is 0 Å². The molecule has 1 unspecified atom stereocenters. The highest BCUT2D eigenvalue weighted by Gasteiger charge is 2.40. The second kappa shape index (κ2) is 10.8. The molecule has 3 saturated heterocycles. The van der Waals surface area contributed by atoms with Crippen molar-refractivity contribution in [3.05, 3.63) is 24.3 Å². The van der Waals surface area contributed by atoms with Crippen LogP contribution < -0.4 is 15.0 Å². The predicted octanol–water partition coefficient (Wildman–Crippen LogP) is 1.99. The van der Waals surface area contributed by atoms with Gasteiger partial charge in [0.15, 0.2) is 5.96 Å². The Balaban J connectivity index is 1.39. The summed E-state index contributed by atoms with van der Waals surface area (Å²) in [4.78, 5) is 12.7. The van der Waals surface area contributed by atoms with E-state index in [1.807, 2.05) is 12.1 Å². The fourth-order valence-electron chi connectivity index (χ4n) is 4.73. The minimum Gasteiger partial charge on any atom is -0.497 e. The Labute approximate surface area is 191 Å². The van der Waals surface area contributed by atoms with Gasteiger partial charge >= 0.3 is 0 Å². The van der Waals surface area contributed by atoms with Crippen LogP contribution in [0.4, 0.5) is 5.69 Å². The van der Waals surface area contributed by atoms with Crippen LogP contribution in [0, 0.1) is 0 Å². The normalized spacial score (nSPS) is 25.7. The van der Waals surface area contributed by atoms with Gasteiger partial charge in [0.05, 0.1) is 32.4 Å². The van der Waals surface area contributed by atoms with Crippen molar-refractivity contribution in [3.63, 3.8) is 0 Å². The van der Waals surface area contributed by atoms with Crippen molar-refractivity contribution < 1.29 is 9.47 Å². The fraction of sp³-hybridized carbons (Fsp3) is 0.696. The molecule has 4 rings (SSSR count). The number of hydrogen-bond acceptors (Lipinski definition) is 6. The van der Waals surface area contributed by atoms with Gasteiger partial charge < -0.3 is 24.6 Å². The van der Waals surface area contributed by atoms with Crippen LogP contribution in [0.15, 0.2) is 29.3 Å². The number of piperazine rings is 1. The topological polar surface area (TPSA) is 52.6 Å². The Morgan fingerprint density at radius 1 is 1.13 bits per heavy atom. The monoisotopic (exact) mass is 447 g/mol. The number of anilines is 1. The lowest BCUT2D eigenvalue weighted by Crippen LogP contribution is -2.57. The van der Waals surface area contributed by atoms with Crippen LogP contribution in [0.1, 0.15) is 13.3 Å². The van der Waals surface area contributed by atoms with Crippen molar-refractivity contribution in [2.75, 3.05) is 89.1 Å². The summed E-state index contributed by atoms with van der Waals surface area (Å²) < 4.78 is 10.9. The zero-order chi connectivity index (χ0) is 21.5. The molecule has 0 spiro atoms. The molecule has 0 amide bonds. The first kappa shape index (κ1) is 22.6. The molecular weight excluding hydrogens is 410 g/mol. The van der Waals surface area contributed by atoms with Crippen LogP contribution in [-0.2, 0) is 4.74 Å². The Morgan fingerprint density at radius 3 is 2.48 bits per heavy atom. The van der Waals surface area contributed by atoms with E-state index in [4.69, 9.17) is 14.5 Å². The van der Waals surface area contributed by atoms with Gasteiger partial charge in [-0.1, -0.05) is 0 Å². The Morgan fingerprint density at radius 2 is 1.87 bits per heavy atom. The maximum absolute atomic E-state index is 5.61. The van der Waals surface area contributed by atoms with Crippen LogP contribution in [0.5, 0.6) is 5.75 Å². The second-order valence-electron chi connectivity index (χ2n) is 8.47. The van der Waals surface area contributed by atoms with Crippen molar-refractivity contribution >= 4 is 23.4 Å². The van der Waals surface area contributed by atoms with E-state index in [1.54, 1.807) is 7.11 Å². The smallest absolute Gasteiger partial charge is 0.194 e. The van der Waals surface area contributed by atoms with Gasteiger partial charge in [-0.15, -0.1) is 0 Å². The lowest BCUT2D eigenvalue weighted by atomic mass is 9.96. The standard InChI is InChI=1S/C23H37N5O2S/c1-3-24-22(25-18-23(8-17-31-19-23)28-13-15-30-16-14-28)27-11-9-26(10-12-27)20-4-6-21(29-2)7-5-20/h4-7H,3,8-19H2,1-2H3,(H,24,25). The van der Waals surface area contributed by atoms with E-state index in [1.165, 1.54) is 23.6 Å². The summed E-state index contributed by atoms with van der Waals surface area (Å²) in [6, 6.07) is 8.38. The summed E-state index contributed by atoms with van der Waals surface area (Å²) in [6.07, 6.45) is 1.23. The summed E-state index contributed by atoms with van der Waals surface area (Å²) in [7, 11) is 1.71. The van der Waals surface area contributed by atoms with E-state index in [-0.39, 0.29) is 5.54 Å². The second-order valence-corrected chi connectivity index (χ2v) is 9.57. The van der Waals surface area contributed by atoms with Crippen molar-refractivity contribution in [2.24, 2.45) is 4.99 Å². The SMILES string of the molecule is CCNC(=NCC1(N2CCOCC2)CCSC1)N1CCN(c2ccc(OC)cc2)CC1. The molecule has 3 heterocycles. The number of ether oxygens (including phenoxy) is 2. The van der Waals surface area contributed by atoms with Crippen molar-refractivity contribution in [3.8, 4) is 5.75 Å². The van der Waals surface area contributed by atoms with E-state index < -0.39 is 0 Å². The molecule has 1 aromatic rings. The lowest BCUT2D eigenvalue weighted by molar-refractivity contribution is -0.0105. The third-order valence-corrected chi connectivity index (χ3v) is 7.87. The van der Waals surface area contributed by atoms with Gasteiger partial charge in [0, 0.05) is 57.3 Å². The minimum atomic E-state index is 0.194. The van der Waals surface area contributed by atoms with E-state index in [0.29, 0.717) is 0 Å². The Bertz CT molecular complexity index is 709. The number of hydrogen-bond donors (Lipinski definition) is 1. The van der Waals surface area contributed by atoms with E-state index in [2.05, 4.69) is 50.8 Å². The maximum Gasteiger partial charge on any atom is 0.194 e. The van der Waals surface area contributed by atoms with Crippen LogP contribution in [-0.4, -0.2) is 105 Å². The van der Waals surface area contributed by atoms with Crippen LogP contribution >= 0.6 is 11.8 Å². The molecule has 7 nitrogen and oxygen atoms in total. The first-order chi connectivity index (χ1) is 15.2. The molecule has 0 saturated carbocycles. The average Bonchev–Trinajstić information content (AvgIpc) is 3.33. The van der Waals surface area contributed by atoms with Crippen molar-refractivity contribution in [2.45, 2.75) is 18.9 Å². The number of aliphatic imine (C=N–C) groups is 1. The maximum atomic E-state index is 5.61. The number of benzene rings is 1. The van der Waals surface area contributed by atoms with E-state index in [0.717, 1.165) is 77.3 Å². The summed E-state index contributed by atoms with van der Waals surface area (Å²) >= 11 is 2.07. The summed E-state index contributed by atoms with van der Waals surface area (Å²) in [6.45, 7) is 11.7. The van der Waals surface area contributed by atoms with Crippen LogP contribution in [0.2, 0.25) is 0 Å². The minimum absolute atomic E-state index is 0.194. The van der Waals surface area contributed by atoms with Crippen molar-refractivity contribution in [1.29, 1.82) is 0 Å². The highest BCUT2D eigenvalue weighted by atomic mass is 32.2. The largest absolute Gasteiger partial charge is 0.497 e. The molecule has 0 aliphatic carbocycles. The zero-order valence-corrected chi connectivity index (χ0v) is 19.8. The molecule has 172 valence electrons. The van der Waals surface area contributed by atoms with Gasteiger partial charge in [0.25, 0.3) is 0 Å². The summed E-state index contributed by atoms with van der Waals surface area (Å²) in [5.41, 5.74) is 1.46. The molecule has 0 radical (unpaired) electrons. The molecule has 31 heavy (non-hydrogen) atoms. The molecule has 3 aliphatic heterocycles. The number of rotatable bonds is 6. The quantitative estimate of drug-likeness (QED) is 0.529. The highest BCUT2D eigenvalue weighted by molar-refractivity contribution is 7.99. The van der Waals surface area contributed by atoms with Gasteiger partial charge in [-0.25, -0.2) is 0 Å². The first-order valence-electron chi connectivity index (χ1n) is 11.6. The molecule has 8 heteroatoms. The Kier molecular flexibility index (Phi) is 7.85. The molecule has 3 aliphatic rings. The van der Waals surface area contributed by atoms with Gasteiger partial charge in [0.2, 0.25) is 0 Å². The summed E-state index contributed by atoms with van der Waals surface area (Å²) in [5.74, 6) is 4.40. The molecule has 1 N–H and O–H groups in total. The average molecular weight is 448 g/mol. The molecular formula is C23H37N5O2S. The van der Waals surface area contributed by atoms with Crippen LogP contribution in [0.3, 0.4) is 0 Å². The van der Waals surface area contributed by atoms with Crippen LogP contribution in [0.25, 0.3) is 0 Å². The van der Waals surface area contributed by atoms with Gasteiger partial charge in [-0.3, -0.25) is 9.89 Å². The van der Waals surface area contributed by atoms with Crippen molar-refractivity contribution in [1.82, 2.24) is 15.1 Å². The highest BCUT2D eigenvalue weighted by Crippen LogP contribution is 2.34. The number of guanidine groups is 1. The first-order valence-corrected chi connectivity index (χ1v) is 12.7. The number of thioether (sulfide) groups is 1. The zero-order valence-electron chi connectivity index (χ0n) is 19.0. The fourth-order valence-corrected chi connectivity index (χ4v) is 6.19. The van der Waals surface area contributed by atoms with E-state index >= 15 is 0 Å². The lowest BCUT2D eigenvalue weighted by Gasteiger charge is -2.42. The number of morpholine rings is 1. The third kappa shape index (κ3) is 5.41. The molecule has 1 atom stereocenters. The van der Waals surface area contributed by atoms with Gasteiger partial charge in [0.1, 0.15) is 5.75 Å². The Hall–Kier alpha value is -1.64.